The van der Waals surface area contributed by atoms with E-state index in [2.05, 4.69) is 15.4 Å². The fraction of sp³-hybridized carbons (Fsp3) is 0.143. The van der Waals surface area contributed by atoms with Crippen LogP contribution in [0, 0.1) is 6.92 Å². The van der Waals surface area contributed by atoms with Crippen LogP contribution in [-0.4, -0.2) is 14.6 Å². The summed E-state index contributed by atoms with van der Waals surface area (Å²) in [5.74, 6) is 0. The molecule has 0 aliphatic rings. The Kier molecular flexibility index (Phi) is 3.09. The highest BCUT2D eigenvalue weighted by molar-refractivity contribution is 6.31. The molecular weight excluding hydrogens is 260 g/mol. The number of nitrogens with one attached hydrogen (secondary N) is 1. The van der Waals surface area contributed by atoms with Crippen LogP contribution in [0.3, 0.4) is 0 Å². The van der Waals surface area contributed by atoms with Gasteiger partial charge >= 0.3 is 0 Å². The molecular formula is C14H13ClN4. The predicted octanol–water partition coefficient (Wildman–Crippen LogP) is 3.30. The minimum Gasteiger partial charge on any atom is -0.378 e. The summed E-state index contributed by atoms with van der Waals surface area (Å²) in [4.78, 5) is 4.12. The molecule has 0 aliphatic carbocycles. The fourth-order valence-electron chi connectivity index (χ4n) is 1.99. The standard InChI is InChI=1S/C14H13ClN4/c1-10-6-12(14(15)17-7-10)16-8-11-9-18-19-5-3-2-4-13(11)19/h2-7,9,16H,8H2,1H3. The average molecular weight is 273 g/mol. The van der Waals surface area contributed by atoms with Crippen molar-refractivity contribution in [2.24, 2.45) is 0 Å². The van der Waals surface area contributed by atoms with E-state index in [1.54, 1.807) is 6.20 Å². The lowest BCUT2D eigenvalue weighted by Gasteiger charge is -2.07. The monoisotopic (exact) mass is 272 g/mol. The smallest absolute Gasteiger partial charge is 0.152 e. The lowest BCUT2D eigenvalue weighted by Crippen LogP contribution is -2.01. The van der Waals surface area contributed by atoms with E-state index in [0.717, 1.165) is 22.3 Å². The van der Waals surface area contributed by atoms with Gasteiger partial charge in [-0.1, -0.05) is 17.7 Å². The maximum Gasteiger partial charge on any atom is 0.152 e. The third-order valence-corrected chi connectivity index (χ3v) is 3.25. The molecule has 96 valence electrons. The van der Waals surface area contributed by atoms with Gasteiger partial charge in [-0.05, 0) is 30.7 Å². The highest BCUT2D eigenvalue weighted by atomic mass is 35.5. The second-order valence-corrected chi connectivity index (χ2v) is 4.76. The lowest BCUT2D eigenvalue weighted by atomic mass is 10.2. The third kappa shape index (κ3) is 2.39. The van der Waals surface area contributed by atoms with Gasteiger partial charge in [0.2, 0.25) is 0 Å². The van der Waals surface area contributed by atoms with Crippen LogP contribution in [0.5, 0.6) is 0 Å². The van der Waals surface area contributed by atoms with Gasteiger partial charge in [-0.25, -0.2) is 9.50 Å². The van der Waals surface area contributed by atoms with Crippen LogP contribution in [0.15, 0.2) is 42.9 Å². The average Bonchev–Trinajstić information content (AvgIpc) is 2.83. The maximum atomic E-state index is 6.06. The summed E-state index contributed by atoms with van der Waals surface area (Å²) in [5.41, 5.74) is 4.13. The quantitative estimate of drug-likeness (QED) is 0.744. The molecule has 4 nitrogen and oxygen atoms in total. The molecule has 0 bridgehead atoms. The molecule has 0 aromatic carbocycles. The molecule has 0 fully saturated rings. The zero-order chi connectivity index (χ0) is 13.2. The summed E-state index contributed by atoms with van der Waals surface area (Å²) >= 11 is 6.06. The van der Waals surface area contributed by atoms with Crippen molar-refractivity contribution in [1.82, 2.24) is 14.6 Å². The van der Waals surface area contributed by atoms with Crippen molar-refractivity contribution < 1.29 is 0 Å². The minimum atomic E-state index is 0.488. The second-order valence-electron chi connectivity index (χ2n) is 4.40. The zero-order valence-electron chi connectivity index (χ0n) is 10.5. The molecule has 0 unspecified atom stereocenters. The summed E-state index contributed by atoms with van der Waals surface area (Å²) in [6, 6.07) is 7.99. The summed E-state index contributed by atoms with van der Waals surface area (Å²) in [7, 11) is 0. The van der Waals surface area contributed by atoms with Crippen molar-refractivity contribution in [3.8, 4) is 0 Å². The van der Waals surface area contributed by atoms with E-state index in [-0.39, 0.29) is 0 Å². The molecule has 3 rings (SSSR count). The fourth-order valence-corrected chi connectivity index (χ4v) is 2.16. The van der Waals surface area contributed by atoms with Crippen LogP contribution >= 0.6 is 11.6 Å². The molecule has 5 heteroatoms. The van der Waals surface area contributed by atoms with Crippen LogP contribution < -0.4 is 5.32 Å². The molecule has 0 spiro atoms. The number of halogens is 1. The highest BCUT2D eigenvalue weighted by Gasteiger charge is 2.05. The lowest BCUT2D eigenvalue weighted by molar-refractivity contribution is 0.961. The van der Waals surface area contributed by atoms with Crippen molar-refractivity contribution in [3.05, 3.63) is 59.1 Å². The van der Waals surface area contributed by atoms with E-state index < -0.39 is 0 Å². The van der Waals surface area contributed by atoms with Gasteiger partial charge in [-0.3, -0.25) is 0 Å². The van der Waals surface area contributed by atoms with Crippen molar-refractivity contribution in [2.45, 2.75) is 13.5 Å². The van der Waals surface area contributed by atoms with Crippen LogP contribution in [0.2, 0.25) is 5.15 Å². The molecule has 19 heavy (non-hydrogen) atoms. The molecule has 0 radical (unpaired) electrons. The molecule has 3 aromatic heterocycles. The minimum absolute atomic E-state index is 0.488. The van der Waals surface area contributed by atoms with Gasteiger partial charge in [0.25, 0.3) is 0 Å². The summed E-state index contributed by atoms with van der Waals surface area (Å²) in [6.45, 7) is 2.65. The number of rotatable bonds is 3. The van der Waals surface area contributed by atoms with E-state index in [1.807, 2.05) is 48.1 Å². The van der Waals surface area contributed by atoms with Crippen LogP contribution in [0.1, 0.15) is 11.1 Å². The first-order chi connectivity index (χ1) is 9.24. The van der Waals surface area contributed by atoms with E-state index in [0.29, 0.717) is 11.7 Å². The zero-order valence-corrected chi connectivity index (χ0v) is 11.2. The number of fused-ring (bicyclic) bond motifs is 1. The van der Waals surface area contributed by atoms with E-state index >= 15 is 0 Å². The van der Waals surface area contributed by atoms with Crippen molar-refractivity contribution in [3.63, 3.8) is 0 Å². The van der Waals surface area contributed by atoms with Gasteiger partial charge in [0.15, 0.2) is 5.15 Å². The normalized spacial score (nSPS) is 10.8. The largest absolute Gasteiger partial charge is 0.378 e. The predicted molar refractivity (Wildman–Crippen MR) is 76.5 cm³/mol. The summed E-state index contributed by atoms with van der Waals surface area (Å²) < 4.78 is 1.85. The first-order valence-corrected chi connectivity index (χ1v) is 6.39. The van der Waals surface area contributed by atoms with Crippen molar-refractivity contribution in [1.29, 1.82) is 0 Å². The molecule has 1 N–H and O–H groups in total. The molecule has 0 aliphatic heterocycles. The first kappa shape index (κ1) is 12.0. The van der Waals surface area contributed by atoms with Gasteiger partial charge in [-0.15, -0.1) is 0 Å². The number of pyridine rings is 2. The van der Waals surface area contributed by atoms with E-state index in [4.69, 9.17) is 11.6 Å². The van der Waals surface area contributed by atoms with Crippen LogP contribution in [0.25, 0.3) is 5.52 Å². The molecule has 3 heterocycles. The highest BCUT2D eigenvalue weighted by Crippen LogP contribution is 2.21. The Labute approximate surface area is 116 Å². The van der Waals surface area contributed by atoms with Gasteiger partial charge in [0.05, 0.1) is 17.4 Å². The van der Waals surface area contributed by atoms with E-state index in [1.165, 1.54) is 0 Å². The van der Waals surface area contributed by atoms with E-state index in [9.17, 15) is 0 Å². The Morgan fingerprint density at radius 3 is 3.11 bits per heavy atom. The Morgan fingerprint density at radius 1 is 1.32 bits per heavy atom. The molecule has 0 saturated carbocycles. The molecule has 0 amide bonds. The molecule has 0 saturated heterocycles. The number of hydrogen-bond donors (Lipinski definition) is 1. The van der Waals surface area contributed by atoms with Gasteiger partial charge in [-0.2, -0.15) is 5.10 Å². The Bertz CT molecular complexity index is 720. The number of nitrogens with zero attached hydrogens (tertiary/aromatic N) is 3. The SMILES string of the molecule is Cc1cnc(Cl)c(NCc2cnn3ccccc23)c1. The van der Waals surface area contributed by atoms with Gasteiger partial charge in [0.1, 0.15) is 0 Å². The second kappa shape index (κ2) is 4.90. The number of aromatic nitrogens is 3. The maximum absolute atomic E-state index is 6.06. The van der Waals surface area contributed by atoms with Crippen molar-refractivity contribution in [2.75, 3.05) is 5.32 Å². The first-order valence-electron chi connectivity index (χ1n) is 6.01. The van der Waals surface area contributed by atoms with Gasteiger partial charge < -0.3 is 5.32 Å². The third-order valence-electron chi connectivity index (χ3n) is 2.95. The number of anilines is 1. The van der Waals surface area contributed by atoms with Crippen LogP contribution in [0.4, 0.5) is 5.69 Å². The summed E-state index contributed by atoms with van der Waals surface area (Å²) in [6.07, 6.45) is 5.54. The Balaban J connectivity index is 1.84. The number of aryl methyl sites for hydroxylation is 1. The molecule has 3 aromatic rings. The number of hydrogen-bond acceptors (Lipinski definition) is 3. The van der Waals surface area contributed by atoms with Crippen LogP contribution in [-0.2, 0) is 6.54 Å². The Morgan fingerprint density at radius 2 is 2.21 bits per heavy atom. The molecule has 0 atom stereocenters. The Hall–Kier alpha value is -2.07. The topological polar surface area (TPSA) is 42.2 Å². The van der Waals surface area contributed by atoms with Gasteiger partial charge in [0, 0.05) is 24.5 Å². The summed E-state index contributed by atoms with van der Waals surface area (Å²) in [5, 5.41) is 8.09. The van der Waals surface area contributed by atoms with Crippen molar-refractivity contribution >= 4 is 22.8 Å².